The number of fused-ring (bicyclic) bond motifs is 4. The van der Waals surface area contributed by atoms with Gasteiger partial charge < -0.3 is 34.5 Å². The van der Waals surface area contributed by atoms with Gasteiger partial charge >= 0.3 is 5.63 Å². The summed E-state index contributed by atoms with van der Waals surface area (Å²) >= 11 is 0. The molecule has 9 nitrogen and oxygen atoms in total. The number of H-pyrrole nitrogens is 1. The minimum absolute atomic E-state index is 0.0381. The Balaban J connectivity index is 1.35. The van der Waals surface area contributed by atoms with Crippen LogP contribution < -0.4 is 20.8 Å². The van der Waals surface area contributed by atoms with E-state index in [0.29, 0.717) is 39.7 Å². The molecule has 0 spiro atoms. The predicted molar refractivity (Wildman–Crippen MR) is 130 cm³/mol. The Hall–Kier alpha value is -4.27. The minimum Gasteiger partial charge on any atom is -0.548 e. The summed E-state index contributed by atoms with van der Waals surface area (Å²) < 4.78 is 11.4. The Bertz CT molecular complexity index is 1550. The standard InChI is InChI=1S/C27H26N2O7/c1-14-8-22(25-17-4-2-3-5-18(17)27(34)36-23(25)9-14)35-13-24(31)29-21(26(32)33)10-15-12-28-20-7-6-16(30)11-19(15)20/h6-9,11-12,21,28,30H,2-5,10,13H2,1H3,(H,29,31)(H,32,33)/p-1/t21-/m0/s1. The van der Waals surface area contributed by atoms with E-state index >= 15 is 0 Å². The quantitative estimate of drug-likeness (QED) is 0.337. The van der Waals surface area contributed by atoms with E-state index in [2.05, 4.69) is 10.3 Å². The van der Waals surface area contributed by atoms with Gasteiger partial charge in [0.1, 0.15) is 17.1 Å². The first-order valence-electron chi connectivity index (χ1n) is 11.8. The largest absolute Gasteiger partial charge is 0.548 e. The summed E-state index contributed by atoms with van der Waals surface area (Å²) in [7, 11) is 0. The third-order valence-electron chi connectivity index (χ3n) is 6.58. The van der Waals surface area contributed by atoms with Crippen LogP contribution >= 0.6 is 0 Å². The average Bonchev–Trinajstić information content (AvgIpc) is 3.23. The molecule has 2 heterocycles. The molecular formula is C27H25N2O7-. The van der Waals surface area contributed by atoms with Crippen LogP contribution in [0.4, 0.5) is 0 Å². The number of benzene rings is 2. The molecule has 0 bridgehead atoms. The van der Waals surface area contributed by atoms with E-state index in [1.54, 1.807) is 24.4 Å². The summed E-state index contributed by atoms with van der Waals surface area (Å²) in [6.45, 7) is 1.40. The van der Waals surface area contributed by atoms with Crippen LogP contribution in [0.2, 0.25) is 0 Å². The van der Waals surface area contributed by atoms with Gasteiger partial charge in [-0.1, -0.05) is 0 Å². The van der Waals surface area contributed by atoms with Crippen LogP contribution in [0.15, 0.2) is 45.7 Å². The lowest BCUT2D eigenvalue weighted by Gasteiger charge is -2.21. The van der Waals surface area contributed by atoms with Gasteiger partial charge in [0.25, 0.3) is 5.91 Å². The second kappa shape index (κ2) is 9.41. The molecular weight excluding hydrogens is 464 g/mol. The monoisotopic (exact) mass is 489 g/mol. The second-order valence-corrected chi connectivity index (χ2v) is 9.17. The molecule has 1 amide bonds. The third kappa shape index (κ3) is 4.51. The van der Waals surface area contributed by atoms with Crippen LogP contribution in [0.25, 0.3) is 21.9 Å². The number of phenols is 1. The normalized spacial score (nSPS) is 13.9. The highest BCUT2D eigenvalue weighted by Crippen LogP contribution is 2.34. The van der Waals surface area contributed by atoms with Crippen LogP contribution in [0.5, 0.6) is 11.5 Å². The van der Waals surface area contributed by atoms with Crippen LogP contribution in [-0.2, 0) is 28.9 Å². The number of hydrogen-bond acceptors (Lipinski definition) is 7. The van der Waals surface area contributed by atoms with Crippen LogP contribution in [-0.4, -0.2) is 34.6 Å². The zero-order valence-electron chi connectivity index (χ0n) is 19.7. The number of phenolic OH excluding ortho intramolecular Hbond substituents is 1. The Labute approximate surface area is 205 Å². The lowest BCUT2D eigenvalue weighted by atomic mass is 9.90. The number of nitrogens with one attached hydrogen (secondary N) is 2. The van der Waals surface area contributed by atoms with Gasteiger partial charge in [0.2, 0.25) is 0 Å². The zero-order valence-corrected chi connectivity index (χ0v) is 19.7. The van der Waals surface area contributed by atoms with Crippen molar-refractivity contribution >= 4 is 33.7 Å². The van der Waals surface area contributed by atoms with Gasteiger partial charge in [0.05, 0.1) is 17.4 Å². The van der Waals surface area contributed by atoms with Crippen molar-refractivity contribution < 1.29 is 29.0 Å². The molecule has 3 N–H and O–H groups in total. The SMILES string of the molecule is Cc1cc(OCC(=O)N[C@@H](Cc2c[nH]c3ccc(O)cc23)C(=O)[O-])c2c3c(c(=O)oc2c1)CCCC3. The van der Waals surface area contributed by atoms with E-state index in [-0.39, 0.29) is 17.8 Å². The fourth-order valence-electron chi connectivity index (χ4n) is 4.91. The summed E-state index contributed by atoms with van der Waals surface area (Å²) in [6, 6.07) is 6.97. The molecule has 0 saturated carbocycles. The molecule has 0 saturated heterocycles. The molecule has 0 radical (unpaired) electrons. The Morgan fingerprint density at radius 2 is 1.97 bits per heavy atom. The molecule has 5 rings (SSSR count). The van der Waals surface area contributed by atoms with Crippen LogP contribution in [0, 0.1) is 6.92 Å². The highest BCUT2D eigenvalue weighted by Gasteiger charge is 2.22. The van der Waals surface area contributed by atoms with Gasteiger partial charge in [-0.2, -0.15) is 0 Å². The number of aliphatic carboxylic acids is 1. The van der Waals surface area contributed by atoms with Crippen LogP contribution in [0.1, 0.15) is 35.1 Å². The number of aromatic hydroxyl groups is 1. The molecule has 0 unspecified atom stereocenters. The maximum Gasteiger partial charge on any atom is 0.339 e. The van der Waals surface area contributed by atoms with Crippen molar-refractivity contribution in [2.75, 3.05) is 6.61 Å². The molecule has 36 heavy (non-hydrogen) atoms. The summed E-state index contributed by atoms with van der Waals surface area (Å²) in [4.78, 5) is 39.9. The lowest BCUT2D eigenvalue weighted by molar-refractivity contribution is -0.308. The molecule has 9 heteroatoms. The zero-order chi connectivity index (χ0) is 25.4. The van der Waals surface area contributed by atoms with Crippen molar-refractivity contribution in [1.29, 1.82) is 0 Å². The van der Waals surface area contributed by atoms with E-state index in [1.165, 1.54) is 12.1 Å². The highest BCUT2D eigenvalue weighted by atomic mass is 16.5. The number of aryl methyl sites for hydroxylation is 2. The number of rotatable bonds is 7. The van der Waals surface area contributed by atoms with Gasteiger partial charge in [-0.05, 0) is 79.6 Å². The van der Waals surface area contributed by atoms with Gasteiger partial charge in [-0.15, -0.1) is 0 Å². The fourth-order valence-corrected chi connectivity index (χ4v) is 4.91. The van der Waals surface area contributed by atoms with Gasteiger partial charge in [-0.3, -0.25) is 4.79 Å². The van der Waals surface area contributed by atoms with Crippen LogP contribution in [0.3, 0.4) is 0 Å². The van der Waals surface area contributed by atoms with Crippen molar-refractivity contribution in [2.24, 2.45) is 0 Å². The van der Waals surface area contributed by atoms with E-state index in [1.807, 2.05) is 6.92 Å². The van der Waals surface area contributed by atoms with Gasteiger partial charge in [0, 0.05) is 29.1 Å². The van der Waals surface area contributed by atoms with E-state index in [0.717, 1.165) is 35.9 Å². The van der Waals surface area contributed by atoms with Crippen molar-refractivity contribution in [1.82, 2.24) is 10.3 Å². The summed E-state index contributed by atoms with van der Waals surface area (Å²) in [5.41, 5.74) is 3.75. The van der Waals surface area contributed by atoms with E-state index < -0.39 is 24.5 Å². The summed E-state index contributed by atoms with van der Waals surface area (Å²) in [6.07, 6.45) is 4.81. The number of aromatic amines is 1. The number of carboxylic acids is 1. The average molecular weight is 490 g/mol. The predicted octanol–water partition coefficient (Wildman–Crippen LogP) is 2.02. The summed E-state index contributed by atoms with van der Waals surface area (Å²) in [5.74, 6) is -1.60. The number of carbonyl (C=O) groups excluding carboxylic acids is 2. The first kappa shape index (κ1) is 23.5. The number of aromatic nitrogens is 1. The number of hydrogen-bond donors (Lipinski definition) is 3. The maximum atomic E-state index is 12.7. The van der Waals surface area contributed by atoms with E-state index in [9.17, 15) is 24.6 Å². The molecule has 2 aromatic heterocycles. The number of amides is 1. The second-order valence-electron chi connectivity index (χ2n) is 9.17. The Morgan fingerprint density at radius 1 is 1.19 bits per heavy atom. The van der Waals surface area contributed by atoms with Gasteiger partial charge in [-0.25, -0.2) is 4.79 Å². The lowest BCUT2D eigenvalue weighted by Crippen LogP contribution is -2.50. The van der Waals surface area contributed by atoms with Crippen molar-refractivity contribution in [3.63, 3.8) is 0 Å². The molecule has 1 aliphatic rings. The number of carboxylic acid groups (broad SMARTS) is 1. The Kier molecular flexibility index (Phi) is 6.13. The fraction of sp³-hybridized carbons (Fsp3) is 0.296. The smallest absolute Gasteiger partial charge is 0.339 e. The first-order chi connectivity index (χ1) is 17.3. The van der Waals surface area contributed by atoms with Crippen molar-refractivity contribution in [3.8, 4) is 11.5 Å². The topological polar surface area (TPSA) is 145 Å². The van der Waals surface area contributed by atoms with Crippen molar-refractivity contribution in [3.05, 3.63) is 69.2 Å². The molecule has 1 atom stereocenters. The van der Waals surface area contributed by atoms with Gasteiger partial charge in [0.15, 0.2) is 6.61 Å². The maximum absolute atomic E-state index is 12.7. The van der Waals surface area contributed by atoms with E-state index in [4.69, 9.17) is 9.15 Å². The Morgan fingerprint density at radius 3 is 2.75 bits per heavy atom. The molecule has 186 valence electrons. The minimum atomic E-state index is -1.44. The van der Waals surface area contributed by atoms with Crippen molar-refractivity contribution in [2.45, 2.75) is 45.1 Å². The number of ether oxygens (including phenoxy) is 1. The summed E-state index contributed by atoms with van der Waals surface area (Å²) in [5, 5.41) is 25.4. The molecule has 2 aromatic carbocycles. The molecule has 4 aromatic rings. The first-order valence-corrected chi connectivity index (χ1v) is 11.8. The molecule has 1 aliphatic carbocycles. The molecule has 0 fully saturated rings. The molecule has 0 aliphatic heterocycles. The third-order valence-corrected chi connectivity index (χ3v) is 6.58. The highest BCUT2D eigenvalue weighted by molar-refractivity contribution is 5.90. The number of carbonyl (C=O) groups is 2.